The number of hydrogen-bond donors (Lipinski definition) is 5. The van der Waals surface area contributed by atoms with Crippen LogP contribution in [0, 0.1) is 0 Å². The maximum atomic E-state index is 9.66. The third-order valence-electron chi connectivity index (χ3n) is 3.51. The van der Waals surface area contributed by atoms with Crippen molar-refractivity contribution in [1.29, 1.82) is 0 Å². The predicted octanol–water partition coefficient (Wildman–Crippen LogP) is 2.57. The smallest absolute Gasteiger partial charge is 0.158 e. The van der Waals surface area contributed by atoms with E-state index in [9.17, 15) is 20.4 Å². The molecule has 1 heterocycles. The van der Waals surface area contributed by atoms with Gasteiger partial charge >= 0.3 is 0 Å². The second-order valence-electron chi connectivity index (χ2n) is 4.98. The van der Waals surface area contributed by atoms with Gasteiger partial charge in [0, 0.05) is 17.8 Å². The number of benzene rings is 2. The number of aromatic hydroxyl groups is 4. The van der Waals surface area contributed by atoms with Crippen molar-refractivity contribution in [2.75, 3.05) is 6.54 Å². The van der Waals surface area contributed by atoms with Crippen LogP contribution < -0.4 is 5.32 Å². The topological polar surface area (TPSA) is 93.0 Å². The Kier molecular flexibility index (Phi) is 4.37. The quantitative estimate of drug-likeness (QED) is 0.521. The van der Waals surface area contributed by atoms with Crippen LogP contribution in [0.1, 0.15) is 16.7 Å². The van der Waals surface area contributed by atoms with Crippen LogP contribution in [0.4, 0.5) is 0 Å². The summed E-state index contributed by atoms with van der Waals surface area (Å²) in [6.45, 7) is 0.715. The van der Waals surface area contributed by atoms with Gasteiger partial charge in [-0.25, -0.2) is 0 Å². The van der Waals surface area contributed by atoms with Gasteiger partial charge in [-0.3, -0.25) is 0 Å². The highest BCUT2D eigenvalue weighted by Gasteiger charge is 2.16. The van der Waals surface area contributed by atoms with E-state index in [2.05, 4.69) is 5.32 Å². The molecule has 0 unspecified atom stereocenters. The van der Waals surface area contributed by atoms with Crippen molar-refractivity contribution >= 4 is 24.2 Å². The van der Waals surface area contributed by atoms with Crippen LogP contribution in [-0.4, -0.2) is 27.0 Å². The molecular formula is C16H16ClNO4. The Bertz CT molecular complexity index is 743. The molecule has 0 radical (unpaired) electrons. The predicted molar refractivity (Wildman–Crippen MR) is 86.4 cm³/mol. The summed E-state index contributed by atoms with van der Waals surface area (Å²) in [5, 5.41) is 41.3. The molecule has 3 rings (SSSR count). The Morgan fingerprint density at radius 1 is 0.864 bits per heavy atom. The van der Waals surface area contributed by atoms with Crippen molar-refractivity contribution in [1.82, 2.24) is 5.32 Å². The van der Waals surface area contributed by atoms with Crippen LogP contribution in [0.3, 0.4) is 0 Å². The molecule has 1 aliphatic rings. The minimum absolute atomic E-state index is 0. The molecule has 22 heavy (non-hydrogen) atoms. The van der Waals surface area contributed by atoms with E-state index in [1.807, 2.05) is 6.08 Å². The molecule has 0 atom stereocenters. The molecule has 5 N–H and O–H groups in total. The minimum atomic E-state index is -0.186. The number of nitrogens with one attached hydrogen (secondary N) is 1. The summed E-state index contributed by atoms with van der Waals surface area (Å²) in [7, 11) is 0. The second-order valence-corrected chi connectivity index (χ2v) is 4.98. The number of phenols is 4. The van der Waals surface area contributed by atoms with Crippen LogP contribution in [0.25, 0.3) is 11.8 Å². The fourth-order valence-electron chi connectivity index (χ4n) is 2.43. The van der Waals surface area contributed by atoms with Crippen LogP contribution in [0.15, 0.2) is 30.3 Å². The van der Waals surface area contributed by atoms with Gasteiger partial charge in [-0.1, -0.05) is 6.07 Å². The van der Waals surface area contributed by atoms with Gasteiger partial charge in [0.2, 0.25) is 0 Å². The highest BCUT2D eigenvalue weighted by Crippen LogP contribution is 2.34. The van der Waals surface area contributed by atoms with Gasteiger partial charge in [0.05, 0.1) is 0 Å². The standard InChI is InChI=1S/C16H15NO4.ClH/c18-13-2-1-9(6-14(13)19)5-12-11-8-16(21)15(20)7-10(11)3-4-17-12;/h1-2,5-8,17-21H,3-4H2;1H/b12-5-;. The van der Waals surface area contributed by atoms with Gasteiger partial charge < -0.3 is 25.7 Å². The molecule has 0 spiro atoms. The summed E-state index contributed by atoms with van der Waals surface area (Å²) in [4.78, 5) is 0. The summed E-state index contributed by atoms with van der Waals surface area (Å²) in [5.41, 5.74) is 3.26. The molecular weight excluding hydrogens is 306 g/mol. The number of fused-ring (bicyclic) bond motifs is 1. The number of halogens is 1. The maximum absolute atomic E-state index is 9.66. The van der Waals surface area contributed by atoms with Crippen molar-refractivity contribution < 1.29 is 20.4 Å². The van der Waals surface area contributed by atoms with Gasteiger partial charge in [0.25, 0.3) is 0 Å². The fourth-order valence-corrected chi connectivity index (χ4v) is 2.43. The summed E-state index contributed by atoms with van der Waals surface area (Å²) >= 11 is 0. The van der Waals surface area contributed by atoms with E-state index in [0.717, 1.165) is 23.2 Å². The first-order valence-electron chi connectivity index (χ1n) is 6.57. The van der Waals surface area contributed by atoms with Gasteiger partial charge in [-0.05, 0) is 47.9 Å². The van der Waals surface area contributed by atoms with Crippen molar-refractivity contribution in [3.8, 4) is 23.0 Å². The van der Waals surface area contributed by atoms with E-state index >= 15 is 0 Å². The molecule has 0 fully saturated rings. The Balaban J connectivity index is 0.00000176. The summed E-state index contributed by atoms with van der Waals surface area (Å²) in [6.07, 6.45) is 2.56. The zero-order valence-electron chi connectivity index (χ0n) is 11.6. The third-order valence-corrected chi connectivity index (χ3v) is 3.51. The molecule has 0 aromatic heterocycles. The van der Waals surface area contributed by atoms with Crippen LogP contribution >= 0.6 is 12.4 Å². The third kappa shape index (κ3) is 2.89. The second kappa shape index (κ2) is 6.07. The molecule has 0 saturated carbocycles. The molecule has 6 heteroatoms. The Morgan fingerprint density at radius 2 is 1.55 bits per heavy atom. The van der Waals surface area contributed by atoms with E-state index in [1.165, 1.54) is 18.2 Å². The van der Waals surface area contributed by atoms with E-state index < -0.39 is 0 Å². The number of phenolic OH excluding ortho intramolecular Hbond substituents is 4. The van der Waals surface area contributed by atoms with Crippen LogP contribution in [0.5, 0.6) is 23.0 Å². The molecule has 2 aromatic carbocycles. The molecule has 0 aliphatic carbocycles. The fraction of sp³-hybridized carbons (Fsp3) is 0.125. The zero-order chi connectivity index (χ0) is 15.0. The van der Waals surface area contributed by atoms with Gasteiger partial charge in [0.15, 0.2) is 23.0 Å². The molecule has 0 bridgehead atoms. The Morgan fingerprint density at radius 3 is 2.27 bits per heavy atom. The van der Waals surface area contributed by atoms with Crippen molar-refractivity contribution in [3.05, 3.63) is 47.0 Å². The average Bonchev–Trinajstić information content (AvgIpc) is 2.45. The Labute approximate surface area is 133 Å². The van der Waals surface area contributed by atoms with Crippen LogP contribution in [0.2, 0.25) is 0 Å². The lowest BCUT2D eigenvalue weighted by atomic mass is 9.96. The van der Waals surface area contributed by atoms with Crippen molar-refractivity contribution in [2.24, 2.45) is 0 Å². The molecule has 0 saturated heterocycles. The number of hydrogen-bond acceptors (Lipinski definition) is 5. The van der Waals surface area contributed by atoms with Gasteiger partial charge in [-0.2, -0.15) is 0 Å². The first-order chi connectivity index (χ1) is 10.0. The summed E-state index contributed by atoms with van der Waals surface area (Å²) in [5.74, 6) is -0.653. The highest BCUT2D eigenvalue weighted by atomic mass is 35.5. The van der Waals surface area contributed by atoms with Gasteiger partial charge in [0.1, 0.15) is 0 Å². The molecule has 5 nitrogen and oxygen atoms in total. The monoisotopic (exact) mass is 321 g/mol. The first-order valence-corrected chi connectivity index (χ1v) is 6.57. The van der Waals surface area contributed by atoms with E-state index in [-0.39, 0.29) is 35.4 Å². The minimum Gasteiger partial charge on any atom is -0.504 e. The van der Waals surface area contributed by atoms with Crippen molar-refractivity contribution in [3.63, 3.8) is 0 Å². The molecule has 2 aromatic rings. The summed E-state index contributed by atoms with van der Waals surface area (Å²) < 4.78 is 0. The average molecular weight is 322 g/mol. The first kappa shape index (κ1) is 15.9. The zero-order valence-corrected chi connectivity index (χ0v) is 12.4. The highest BCUT2D eigenvalue weighted by molar-refractivity contribution is 5.85. The lowest BCUT2D eigenvalue weighted by molar-refractivity contribution is 0.402. The number of rotatable bonds is 1. The SMILES string of the molecule is Cl.Oc1ccc(/C=C2\NCCc3cc(O)c(O)cc32)cc1O. The van der Waals surface area contributed by atoms with E-state index in [1.54, 1.807) is 12.1 Å². The summed E-state index contributed by atoms with van der Waals surface area (Å²) in [6, 6.07) is 7.63. The van der Waals surface area contributed by atoms with E-state index in [4.69, 9.17) is 0 Å². The van der Waals surface area contributed by atoms with Crippen molar-refractivity contribution in [2.45, 2.75) is 6.42 Å². The maximum Gasteiger partial charge on any atom is 0.158 e. The molecule has 116 valence electrons. The normalized spacial score (nSPS) is 14.8. The molecule has 0 amide bonds. The largest absolute Gasteiger partial charge is 0.504 e. The Hall–Kier alpha value is -2.53. The van der Waals surface area contributed by atoms with Crippen LogP contribution in [-0.2, 0) is 6.42 Å². The van der Waals surface area contributed by atoms with Gasteiger partial charge in [-0.15, -0.1) is 12.4 Å². The molecule has 1 aliphatic heterocycles. The lowest BCUT2D eigenvalue weighted by Crippen LogP contribution is -2.22. The lowest BCUT2D eigenvalue weighted by Gasteiger charge is -2.22. The van der Waals surface area contributed by atoms with E-state index in [0.29, 0.717) is 12.1 Å².